The van der Waals surface area contributed by atoms with Gasteiger partial charge in [0, 0.05) is 11.3 Å². The summed E-state index contributed by atoms with van der Waals surface area (Å²) in [5, 5.41) is 20.2. The van der Waals surface area contributed by atoms with Gasteiger partial charge in [0.1, 0.15) is 17.3 Å². The molecule has 7 heteroatoms. The Morgan fingerprint density at radius 3 is 2.26 bits per heavy atom. The first-order valence-corrected chi connectivity index (χ1v) is 10.7. The molecule has 0 saturated carbocycles. The summed E-state index contributed by atoms with van der Waals surface area (Å²) in [6, 6.07) is 19.2. The average Bonchev–Trinajstić information content (AvgIpc) is 3.13. The molecule has 6 nitrogen and oxygen atoms in total. The van der Waals surface area contributed by atoms with Crippen LogP contribution in [0.4, 0.5) is 10.1 Å². The van der Waals surface area contributed by atoms with E-state index in [1.807, 2.05) is 13.0 Å². The highest BCUT2D eigenvalue weighted by Gasteiger charge is 2.46. The van der Waals surface area contributed by atoms with Gasteiger partial charge in [-0.05, 0) is 72.6 Å². The number of nitriles is 1. The minimum absolute atomic E-state index is 0.108. The summed E-state index contributed by atoms with van der Waals surface area (Å²) in [6.45, 7) is 2.54. The van der Waals surface area contributed by atoms with E-state index in [0.29, 0.717) is 34.7 Å². The second-order valence-corrected chi connectivity index (χ2v) is 7.75. The van der Waals surface area contributed by atoms with E-state index < -0.39 is 23.5 Å². The first-order chi connectivity index (χ1) is 16.4. The zero-order valence-corrected chi connectivity index (χ0v) is 18.4. The van der Waals surface area contributed by atoms with Crippen molar-refractivity contribution in [1.82, 2.24) is 0 Å². The fraction of sp³-hybridized carbons (Fsp3) is 0.148. The van der Waals surface area contributed by atoms with E-state index in [2.05, 4.69) is 0 Å². The Balaban J connectivity index is 1.84. The van der Waals surface area contributed by atoms with Gasteiger partial charge in [0.15, 0.2) is 0 Å². The zero-order chi connectivity index (χ0) is 24.2. The van der Waals surface area contributed by atoms with Gasteiger partial charge < -0.3 is 9.84 Å². The van der Waals surface area contributed by atoms with Crippen molar-refractivity contribution in [3.63, 3.8) is 0 Å². The molecule has 3 aromatic carbocycles. The Hall–Kier alpha value is -4.44. The number of ketones is 1. The van der Waals surface area contributed by atoms with E-state index in [-0.39, 0.29) is 11.3 Å². The summed E-state index contributed by atoms with van der Waals surface area (Å²) in [4.78, 5) is 27.5. The van der Waals surface area contributed by atoms with Crippen molar-refractivity contribution in [1.29, 1.82) is 5.26 Å². The van der Waals surface area contributed by atoms with Crippen molar-refractivity contribution >= 4 is 23.1 Å². The Labute approximate surface area is 196 Å². The van der Waals surface area contributed by atoms with Crippen LogP contribution in [0, 0.1) is 17.1 Å². The molecule has 1 saturated heterocycles. The first-order valence-electron chi connectivity index (χ1n) is 10.7. The molecule has 0 radical (unpaired) electrons. The third-order valence-electron chi connectivity index (χ3n) is 5.51. The predicted octanol–water partition coefficient (Wildman–Crippen LogP) is 5.11. The third-order valence-corrected chi connectivity index (χ3v) is 5.51. The summed E-state index contributed by atoms with van der Waals surface area (Å²) in [5.74, 6) is -1.88. The van der Waals surface area contributed by atoms with E-state index in [4.69, 9.17) is 10.00 Å². The number of anilines is 1. The molecule has 0 bridgehead atoms. The molecule has 0 aromatic heterocycles. The van der Waals surface area contributed by atoms with Crippen LogP contribution in [0.2, 0.25) is 0 Å². The predicted molar refractivity (Wildman–Crippen MR) is 125 cm³/mol. The molecule has 1 fully saturated rings. The van der Waals surface area contributed by atoms with Gasteiger partial charge in [0.25, 0.3) is 11.7 Å². The van der Waals surface area contributed by atoms with Gasteiger partial charge >= 0.3 is 0 Å². The maximum Gasteiger partial charge on any atom is 0.300 e. The minimum atomic E-state index is -0.982. The lowest BCUT2D eigenvalue weighted by atomic mass is 9.95. The maximum atomic E-state index is 13.6. The first kappa shape index (κ1) is 22.7. The number of aliphatic hydroxyl groups excluding tert-OH is 1. The molecule has 1 aliphatic heterocycles. The van der Waals surface area contributed by atoms with Gasteiger partial charge in [0.05, 0.1) is 29.9 Å². The smallest absolute Gasteiger partial charge is 0.300 e. The number of Topliss-reactive ketones (excluding diaryl/α,β-unsaturated/α-hetero) is 1. The van der Waals surface area contributed by atoms with Crippen molar-refractivity contribution in [3.05, 3.63) is 101 Å². The fourth-order valence-corrected chi connectivity index (χ4v) is 3.84. The van der Waals surface area contributed by atoms with Crippen LogP contribution in [0.1, 0.15) is 36.1 Å². The number of benzene rings is 3. The monoisotopic (exact) mass is 456 g/mol. The number of carbonyl (C=O) groups excluding carboxylic acids is 2. The van der Waals surface area contributed by atoms with Gasteiger partial charge in [-0.2, -0.15) is 5.26 Å². The van der Waals surface area contributed by atoms with Gasteiger partial charge in [-0.25, -0.2) is 4.39 Å². The molecule has 3 aromatic rings. The summed E-state index contributed by atoms with van der Waals surface area (Å²) < 4.78 is 19.2. The Morgan fingerprint density at radius 2 is 1.68 bits per heavy atom. The maximum absolute atomic E-state index is 13.6. The molecule has 34 heavy (non-hydrogen) atoms. The standard InChI is InChI=1S/C27H21FN2O4/c1-2-15-34-22-13-7-19(8-14-22)25(31)23-24(18-5-9-20(28)10-6-18)30(27(33)26(23)32)21-11-3-17(16-29)4-12-21/h3-14,24,31H,2,15H2,1H3/b25-23+. The van der Waals surface area contributed by atoms with E-state index in [0.717, 1.165) is 6.42 Å². The summed E-state index contributed by atoms with van der Waals surface area (Å²) in [5.41, 5.74) is 1.45. The van der Waals surface area contributed by atoms with Crippen LogP contribution in [0.25, 0.3) is 5.76 Å². The SMILES string of the molecule is CCCOc1ccc(/C(O)=C2\C(=O)C(=O)N(c3ccc(C#N)cc3)C2c2ccc(F)cc2)cc1. The number of rotatable bonds is 6. The molecule has 4 rings (SSSR count). The van der Waals surface area contributed by atoms with E-state index >= 15 is 0 Å². The Bertz CT molecular complexity index is 1290. The van der Waals surface area contributed by atoms with Crippen molar-refractivity contribution in [2.45, 2.75) is 19.4 Å². The van der Waals surface area contributed by atoms with Crippen LogP contribution < -0.4 is 9.64 Å². The topological polar surface area (TPSA) is 90.6 Å². The second-order valence-electron chi connectivity index (χ2n) is 7.75. The Kier molecular flexibility index (Phi) is 6.42. The van der Waals surface area contributed by atoms with Crippen LogP contribution in [-0.4, -0.2) is 23.4 Å². The van der Waals surface area contributed by atoms with E-state index in [1.54, 1.807) is 36.4 Å². The lowest BCUT2D eigenvalue weighted by Crippen LogP contribution is -2.29. The van der Waals surface area contributed by atoms with Gasteiger partial charge in [0.2, 0.25) is 0 Å². The molecule has 1 aliphatic rings. The number of carbonyl (C=O) groups is 2. The van der Waals surface area contributed by atoms with Crippen LogP contribution in [0.15, 0.2) is 78.4 Å². The number of hydrogen-bond acceptors (Lipinski definition) is 5. The van der Waals surface area contributed by atoms with Crippen LogP contribution >= 0.6 is 0 Å². The molecular weight excluding hydrogens is 435 g/mol. The highest BCUT2D eigenvalue weighted by atomic mass is 19.1. The van der Waals surface area contributed by atoms with Crippen LogP contribution in [0.5, 0.6) is 5.75 Å². The molecule has 0 spiro atoms. The quantitative estimate of drug-likeness (QED) is 0.316. The second kappa shape index (κ2) is 9.59. The molecule has 0 aliphatic carbocycles. The van der Waals surface area contributed by atoms with Crippen molar-refractivity contribution in [2.24, 2.45) is 0 Å². The molecule has 1 heterocycles. The van der Waals surface area contributed by atoms with Gasteiger partial charge in [-0.3, -0.25) is 14.5 Å². The summed E-state index contributed by atoms with van der Waals surface area (Å²) in [6.07, 6.45) is 0.845. The number of amides is 1. The molecule has 170 valence electrons. The molecule has 1 N–H and O–H groups in total. The van der Waals surface area contributed by atoms with Crippen molar-refractivity contribution in [2.75, 3.05) is 11.5 Å². The molecule has 1 amide bonds. The zero-order valence-electron chi connectivity index (χ0n) is 18.4. The lowest BCUT2D eigenvalue weighted by molar-refractivity contribution is -0.132. The largest absolute Gasteiger partial charge is 0.507 e. The minimum Gasteiger partial charge on any atom is -0.507 e. The molecule has 1 atom stereocenters. The van der Waals surface area contributed by atoms with E-state index in [9.17, 15) is 19.1 Å². The third kappa shape index (κ3) is 4.26. The van der Waals surface area contributed by atoms with Gasteiger partial charge in [-0.15, -0.1) is 0 Å². The Morgan fingerprint density at radius 1 is 1.03 bits per heavy atom. The lowest BCUT2D eigenvalue weighted by Gasteiger charge is -2.25. The molecule has 1 unspecified atom stereocenters. The number of aliphatic hydroxyl groups is 1. The number of hydrogen-bond donors (Lipinski definition) is 1. The van der Waals surface area contributed by atoms with E-state index in [1.165, 1.54) is 41.3 Å². The number of ether oxygens (including phenoxy) is 1. The van der Waals surface area contributed by atoms with Crippen LogP contribution in [0.3, 0.4) is 0 Å². The highest BCUT2D eigenvalue weighted by Crippen LogP contribution is 2.42. The normalized spacial score (nSPS) is 17.0. The fourth-order valence-electron chi connectivity index (χ4n) is 3.84. The van der Waals surface area contributed by atoms with Crippen LogP contribution in [-0.2, 0) is 9.59 Å². The van der Waals surface area contributed by atoms with Crippen molar-refractivity contribution in [3.8, 4) is 11.8 Å². The number of nitrogens with zero attached hydrogens (tertiary/aromatic N) is 2. The average molecular weight is 456 g/mol. The van der Waals surface area contributed by atoms with Gasteiger partial charge in [-0.1, -0.05) is 19.1 Å². The molecular formula is C27H21FN2O4. The summed E-state index contributed by atoms with van der Waals surface area (Å²) in [7, 11) is 0. The summed E-state index contributed by atoms with van der Waals surface area (Å²) >= 11 is 0. The number of halogens is 1. The highest BCUT2D eigenvalue weighted by molar-refractivity contribution is 6.51. The van der Waals surface area contributed by atoms with Crippen molar-refractivity contribution < 1.29 is 23.8 Å².